The smallest absolute Gasteiger partial charge is 0.240 e. The van der Waals surface area contributed by atoms with Gasteiger partial charge in [0.15, 0.2) is 0 Å². The second-order valence-corrected chi connectivity index (χ2v) is 3.50. The van der Waals surface area contributed by atoms with Crippen molar-refractivity contribution < 1.29 is 4.79 Å². The SMILES string of the molecule is CN1CCNC(C(=O)N(C)C)C1. The van der Waals surface area contributed by atoms with E-state index in [2.05, 4.69) is 10.2 Å². The molecule has 1 fully saturated rings. The van der Waals surface area contributed by atoms with Crippen LogP contribution in [0.25, 0.3) is 0 Å². The first-order valence-electron chi connectivity index (χ1n) is 4.24. The van der Waals surface area contributed by atoms with Gasteiger partial charge in [-0.2, -0.15) is 0 Å². The Morgan fingerprint density at radius 2 is 2.25 bits per heavy atom. The summed E-state index contributed by atoms with van der Waals surface area (Å²) >= 11 is 0. The summed E-state index contributed by atoms with van der Waals surface area (Å²) in [6.45, 7) is 2.75. The Labute approximate surface area is 73.5 Å². The number of piperazine rings is 1. The van der Waals surface area contributed by atoms with Gasteiger partial charge in [-0.05, 0) is 7.05 Å². The highest BCUT2D eigenvalue weighted by Crippen LogP contribution is 1.98. The fourth-order valence-corrected chi connectivity index (χ4v) is 1.37. The summed E-state index contributed by atoms with van der Waals surface area (Å²) in [5, 5.41) is 3.20. The lowest BCUT2D eigenvalue weighted by Crippen LogP contribution is -2.55. The van der Waals surface area contributed by atoms with Crippen molar-refractivity contribution in [3.63, 3.8) is 0 Å². The monoisotopic (exact) mass is 171 g/mol. The van der Waals surface area contributed by atoms with Gasteiger partial charge in [-0.25, -0.2) is 0 Å². The van der Waals surface area contributed by atoms with Crippen LogP contribution in [0.5, 0.6) is 0 Å². The maximum Gasteiger partial charge on any atom is 0.240 e. The lowest BCUT2D eigenvalue weighted by Gasteiger charge is -2.31. The predicted molar refractivity (Wildman–Crippen MR) is 48.0 cm³/mol. The quantitative estimate of drug-likeness (QED) is 0.548. The van der Waals surface area contributed by atoms with Crippen molar-refractivity contribution in [2.45, 2.75) is 6.04 Å². The van der Waals surface area contributed by atoms with Gasteiger partial charge in [0.1, 0.15) is 0 Å². The normalized spacial score (nSPS) is 25.4. The van der Waals surface area contributed by atoms with E-state index in [4.69, 9.17) is 0 Å². The highest BCUT2D eigenvalue weighted by Gasteiger charge is 2.24. The fourth-order valence-electron chi connectivity index (χ4n) is 1.37. The minimum Gasteiger partial charge on any atom is -0.347 e. The highest BCUT2D eigenvalue weighted by molar-refractivity contribution is 5.81. The van der Waals surface area contributed by atoms with Gasteiger partial charge in [0.05, 0.1) is 6.04 Å². The molecule has 1 amide bonds. The van der Waals surface area contributed by atoms with Gasteiger partial charge in [-0.3, -0.25) is 4.79 Å². The Hall–Kier alpha value is -0.610. The van der Waals surface area contributed by atoms with E-state index in [0.717, 1.165) is 19.6 Å². The van der Waals surface area contributed by atoms with E-state index in [-0.39, 0.29) is 11.9 Å². The molecule has 0 aliphatic carbocycles. The summed E-state index contributed by atoms with van der Waals surface area (Å²) in [7, 11) is 5.62. The topological polar surface area (TPSA) is 35.6 Å². The van der Waals surface area contributed by atoms with Gasteiger partial charge in [0.25, 0.3) is 0 Å². The molecule has 1 aliphatic heterocycles. The van der Waals surface area contributed by atoms with Crippen LogP contribution in [0.2, 0.25) is 0 Å². The summed E-state index contributed by atoms with van der Waals surface area (Å²) in [6.07, 6.45) is 0. The molecule has 70 valence electrons. The van der Waals surface area contributed by atoms with Crippen molar-refractivity contribution in [1.82, 2.24) is 15.1 Å². The summed E-state index contributed by atoms with van der Waals surface area (Å²) in [6, 6.07) is -0.0150. The van der Waals surface area contributed by atoms with Crippen LogP contribution < -0.4 is 5.32 Å². The first-order chi connectivity index (χ1) is 5.61. The molecule has 0 aromatic heterocycles. The second kappa shape index (κ2) is 3.87. The van der Waals surface area contributed by atoms with E-state index in [0.29, 0.717) is 0 Å². The zero-order chi connectivity index (χ0) is 9.14. The van der Waals surface area contributed by atoms with Crippen molar-refractivity contribution in [2.24, 2.45) is 0 Å². The third-order valence-corrected chi connectivity index (χ3v) is 2.12. The largest absolute Gasteiger partial charge is 0.347 e. The zero-order valence-electron chi connectivity index (χ0n) is 8.00. The molecule has 1 atom stereocenters. The van der Waals surface area contributed by atoms with E-state index >= 15 is 0 Å². The number of nitrogens with zero attached hydrogens (tertiary/aromatic N) is 2. The standard InChI is InChI=1S/C8H17N3O/c1-10(2)8(12)7-6-11(3)5-4-9-7/h7,9H,4-6H2,1-3H3. The van der Waals surface area contributed by atoms with Crippen LogP contribution in [-0.4, -0.2) is 62.5 Å². The van der Waals surface area contributed by atoms with Crippen LogP contribution >= 0.6 is 0 Å². The Kier molecular flexibility index (Phi) is 3.05. The molecule has 12 heavy (non-hydrogen) atoms. The van der Waals surface area contributed by atoms with Crippen LogP contribution in [0.1, 0.15) is 0 Å². The molecule has 4 heteroatoms. The van der Waals surface area contributed by atoms with Gasteiger partial charge in [0, 0.05) is 33.7 Å². The summed E-state index contributed by atoms with van der Waals surface area (Å²) in [5.41, 5.74) is 0. The minimum atomic E-state index is -0.0150. The van der Waals surface area contributed by atoms with Crippen LogP contribution in [0.3, 0.4) is 0 Å². The number of amides is 1. The molecule has 0 aromatic rings. The number of carbonyl (C=O) groups excluding carboxylic acids is 1. The van der Waals surface area contributed by atoms with Crippen molar-refractivity contribution in [1.29, 1.82) is 0 Å². The number of rotatable bonds is 1. The van der Waals surface area contributed by atoms with Gasteiger partial charge < -0.3 is 15.1 Å². The molecule has 1 unspecified atom stereocenters. The molecule has 0 bridgehead atoms. The minimum absolute atomic E-state index is 0.0150. The first kappa shape index (κ1) is 9.48. The molecule has 1 rings (SSSR count). The maximum atomic E-state index is 11.5. The first-order valence-corrected chi connectivity index (χ1v) is 4.24. The summed E-state index contributed by atoms with van der Waals surface area (Å²) in [5.74, 6) is 0.168. The van der Waals surface area contributed by atoms with Crippen LogP contribution in [0.15, 0.2) is 0 Å². The third-order valence-electron chi connectivity index (χ3n) is 2.12. The van der Waals surface area contributed by atoms with Crippen LogP contribution in [0.4, 0.5) is 0 Å². The van der Waals surface area contributed by atoms with Gasteiger partial charge >= 0.3 is 0 Å². The average molecular weight is 171 g/mol. The summed E-state index contributed by atoms with van der Waals surface area (Å²) in [4.78, 5) is 15.3. The third kappa shape index (κ3) is 2.19. The molecule has 1 N–H and O–H groups in total. The molecule has 0 spiro atoms. The van der Waals surface area contributed by atoms with E-state index in [1.54, 1.807) is 19.0 Å². The van der Waals surface area contributed by atoms with Crippen molar-refractivity contribution in [3.05, 3.63) is 0 Å². The lowest BCUT2D eigenvalue weighted by molar-refractivity contribution is -0.131. The van der Waals surface area contributed by atoms with Gasteiger partial charge in [0.2, 0.25) is 5.91 Å². The maximum absolute atomic E-state index is 11.5. The molecule has 0 saturated carbocycles. The van der Waals surface area contributed by atoms with Crippen molar-refractivity contribution in [3.8, 4) is 0 Å². The average Bonchev–Trinajstić information content (AvgIpc) is 2.03. The zero-order valence-corrected chi connectivity index (χ0v) is 8.00. The van der Waals surface area contributed by atoms with Crippen LogP contribution in [-0.2, 0) is 4.79 Å². The molecule has 4 nitrogen and oxygen atoms in total. The molecular formula is C8H17N3O. The lowest BCUT2D eigenvalue weighted by atomic mass is 10.2. The predicted octanol–water partition coefficient (Wildman–Crippen LogP) is -1.02. The number of hydrogen-bond acceptors (Lipinski definition) is 3. The number of nitrogens with one attached hydrogen (secondary N) is 1. The Bertz CT molecular complexity index is 170. The molecule has 0 radical (unpaired) electrons. The molecule has 1 heterocycles. The summed E-state index contributed by atoms with van der Waals surface area (Å²) < 4.78 is 0. The molecule has 0 aromatic carbocycles. The van der Waals surface area contributed by atoms with E-state index in [9.17, 15) is 4.79 Å². The van der Waals surface area contributed by atoms with Gasteiger partial charge in [-0.15, -0.1) is 0 Å². The van der Waals surface area contributed by atoms with Crippen LogP contribution in [0, 0.1) is 0 Å². The fraction of sp³-hybridized carbons (Fsp3) is 0.875. The number of hydrogen-bond donors (Lipinski definition) is 1. The second-order valence-electron chi connectivity index (χ2n) is 3.50. The molecular weight excluding hydrogens is 154 g/mol. The molecule has 1 aliphatic rings. The van der Waals surface area contributed by atoms with E-state index < -0.39 is 0 Å². The Morgan fingerprint density at radius 3 is 2.75 bits per heavy atom. The Balaban J connectivity index is 2.46. The van der Waals surface area contributed by atoms with Crippen molar-refractivity contribution >= 4 is 5.91 Å². The Morgan fingerprint density at radius 1 is 1.58 bits per heavy atom. The number of carbonyl (C=O) groups is 1. The van der Waals surface area contributed by atoms with Gasteiger partial charge in [-0.1, -0.05) is 0 Å². The molecule has 1 saturated heterocycles. The van der Waals surface area contributed by atoms with Crippen molar-refractivity contribution in [2.75, 3.05) is 40.8 Å². The highest BCUT2D eigenvalue weighted by atomic mass is 16.2. The van der Waals surface area contributed by atoms with E-state index in [1.165, 1.54) is 0 Å². The van der Waals surface area contributed by atoms with E-state index in [1.807, 2.05) is 7.05 Å². The number of likely N-dealkylation sites (N-methyl/N-ethyl adjacent to an activating group) is 2.